The number of rotatable bonds is 3. The third-order valence-electron chi connectivity index (χ3n) is 2.92. The number of phenolic OH excluding ortho intramolecular Hbond substituents is 1. The van der Waals surface area contributed by atoms with Crippen LogP contribution in [0.15, 0.2) is 35.9 Å². The Hall–Kier alpha value is -1.02. The van der Waals surface area contributed by atoms with Crippen molar-refractivity contribution in [1.29, 1.82) is 5.26 Å². The number of nitrogens with one attached hydrogen (secondary N) is 1. The highest BCUT2D eigenvalue weighted by Crippen LogP contribution is 2.31. The first-order chi connectivity index (χ1) is 11.3. The van der Waals surface area contributed by atoms with Crippen LogP contribution in [0, 0.1) is 18.5 Å². The second-order valence-electron chi connectivity index (χ2n) is 4.55. The smallest absolute Gasteiger partial charge is 0.266 e. The van der Waals surface area contributed by atoms with Crippen LogP contribution in [0.2, 0.25) is 10.0 Å². The Morgan fingerprint density at radius 3 is 2.67 bits per heavy atom. The molecule has 0 heterocycles. The SMILES string of the molecule is N#C/C(=C/c1cc(I)cc(I)c1O)C(=O)Nc1cccc(Cl)c1Cl. The number of phenols is 1. The molecule has 24 heavy (non-hydrogen) atoms. The van der Waals surface area contributed by atoms with Gasteiger partial charge in [-0.05, 0) is 75.5 Å². The minimum Gasteiger partial charge on any atom is -0.506 e. The van der Waals surface area contributed by atoms with Crippen molar-refractivity contribution in [2.24, 2.45) is 0 Å². The molecular formula is C16H8Cl2I2N2O2. The number of benzene rings is 2. The van der Waals surface area contributed by atoms with Crippen molar-refractivity contribution in [3.63, 3.8) is 0 Å². The van der Waals surface area contributed by atoms with Crippen molar-refractivity contribution >= 4 is 86.1 Å². The van der Waals surface area contributed by atoms with E-state index in [0.29, 0.717) is 19.8 Å². The van der Waals surface area contributed by atoms with E-state index >= 15 is 0 Å². The van der Waals surface area contributed by atoms with E-state index in [4.69, 9.17) is 23.2 Å². The van der Waals surface area contributed by atoms with Crippen LogP contribution < -0.4 is 5.32 Å². The number of carbonyl (C=O) groups is 1. The summed E-state index contributed by atoms with van der Waals surface area (Å²) >= 11 is 16.0. The first-order valence-corrected chi connectivity index (χ1v) is 9.30. The lowest BCUT2D eigenvalue weighted by molar-refractivity contribution is -0.112. The van der Waals surface area contributed by atoms with Gasteiger partial charge in [0, 0.05) is 9.13 Å². The Labute approximate surface area is 175 Å². The Balaban J connectivity index is 2.37. The van der Waals surface area contributed by atoms with Gasteiger partial charge in [0.2, 0.25) is 0 Å². The summed E-state index contributed by atoms with van der Waals surface area (Å²) in [7, 11) is 0. The summed E-state index contributed by atoms with van der Waals surface area (Å²) in [5.41, 5.74) is 0.520. The Morgan fingerprint density at radius 2 is 2.00 bits per heavy atom. The minimum atomic E-state index is -0.644. The highest BCUT2D eigenvalue weighted by molar-refractivity contribution is 14.1. The van der Waals surface area contributed by atoms with Crippen molar-refractivity contribution in [2.45, 2.75) is 0 Å². The maximum atomic E-state index is 12.3. The monoisotopic (exact) mass is 584 g/mol. The van der Waals surface area contributed by atoms with Gasteiger partial charge in [0.15, 0.2) is 0 Å². The van der Waals surface area contributed by atoms with Crippen LogP contribution in [0.1, 0.15) is 5.56 Å². The molecule has 0 bridgehead atoms. The van der Waals surface area contributed by atoms with Gasteiger partial charge < -0.3 is 10.4 Å². The van der Waals surface area contributed by atoms with Crippen molar-refractivity contribution in [1.82, 2.24) is 0 Å². The lowest BCUT2D eigenvalue weighted by Gasteiger charge is -2.08. The number of aromatic hydroxyl groups is 1. The summed E-state index contributed by atoms with van der Waals surface area (Å²) in [6, 6.07) is 10.1. The van der Waals surface area contributed by atoms with E-state index in [1.165, 1.54) is 6.08 Å². The number of nitriles is 1. The molecule has 0 saturated heterocycles. The van der Waals surface area contributed by atoms with Gasteiger partial charge in [-0.3, -0.25) is 4.79 Å². The highest BCUT2D eigenvalue weighted by Gasteiger charge is 2.14. The van der Waals surface area contributed by atoms with Gasteiger partial charge in [0.1, 0.15) is 17.4 Å². The van der Waals surface area contributed by atoms with Crippen LogP contribution >= 0.6 is 68.4 Å². The van der Waals surface area contributed by atoms with Gasteiger partial charge >= 0.3 is 0 Å². The molecule has 0 aromatic heterocycles. The van der Waals surface area contributed by atoms with Gasteiger partial charge in [-0.1, -0.05) is 29.3 Å². The van der Waals surface area contributed by atoms with Crippen LogP contribution in [0.3, 0.4) is 0 Å². The molecule has 0 aliphatic carbocycles. The summed E-state index contributed by atoms with van der Waals surface area (Å²) in [5, 5.41) is 22.4. The maximum Gasteiger partial charge on any atom is 0.266 e. The average molecular weight is 585 g/mol. The number of hydrogen-bond acceptors (Lipinski definition) is 3. The molecule has 2 aromatic rings. The summed E-state index contributed by atoms with van der Waals surface area (Å²) in [6.45, 7) is 0. The molecule has 2 N–H and O–H groups in total. The van der Waals surface area contributed by atoms with E-state index in [-0.39, 0.29) is 16.3 Å². The maximum absolute atomic E-state index is 12.3. The van der Waals surface area contributed by atoms with E-state index in [1.54, 1.807) is 30.3 Å². The fraction of sp³-hybridized carbons (Fsp3) is 0. The molecule has 0 atom stereocenters. The topological polar surface area (TPSA) is 73.1 Å². The highest BCUT2D eigenvalue weighted by atomic mass is 127. The lowest BCUT2D eigenvalue weighted by Crippen LogP contribution is -2.13. The molecule has 2 rings (SSSR count). The van der Waals surface area contributed by atoms with Gasteiger partial charge in [0.25, 0.3) is 5.91 Å². The lowest BCUT2D eigenvalue weighted by atomic mass is 10.1. The summed E-state index contributed by atoms with van der Waals surface area (Å²) in [5.74, 6) is -0.632. The first kappa shape index (κ1) is 19.3. The van der Waals surface area contributed by atoms with Gasteiger partial charge in [-0.15, -0.1) is 0 Å². The molecule has 0 unspecified atom stereocenters. The van der Waals surface area contributed by atoms with E-state index in [1.807, 2.05) is 28.7 Å². The van der Waals surface area contributed by atoms with Gasteiger partial charge in [0.05, 0.1) is 19.3 Å². The second kappa shape index (κ2) is 8.38. The predicted octanol–water partition coefficient (Wildman–Crippen LogP) is 5.45. The van der Waals surface area contributed by atoms with Crippen molar-refractivity contribution in [3.8, 4) is 11.8 Å². The fourth-order valence-electron chi connectivity index (χ4n) is 1.79. The van der Waals surface area contributed by atoms with Crippen LogP contribution in [0.5, 0.6) is 5.75 Å². The molecule has 0 aliphatic heterocycles. The number of anilines is 1. The normalized spacial score (nSPS) is 11.0. The third-order valence-corrected chi connectivity index (χ3v) is 5.19. The molecule has 122 valence electrons. The molecule has 4 nitrogen and oxygen atoms in total. The quantitative estimate of drug-likeness (QED) is 0.286. The zero-order chi connectivity index (χ0) is 17.9. The Morgan fingerprint density at radius 1 is 1.29 bits per heavy atom. The van der Waals surface area contributed by atoms with Crippen molar-refractivity contribution in [3.05, 3.63) is 58.7 Å². The first-order valence-electron chi connectivity index (χ1n) is 6.38. The number of hydrogen-bond donors (Lipinski definition) is 2. The zero-order valence-corrected chi connectivity index (χ0v) is 17.6. The standard InChI is InChI=1S/C16H8Cl2I2N2O2/c17-11-2-1-3-13(14(11)18)22-16(24)9(7-21)4-8-5-10(19)6-12(20)15(8)23/h1-6,23H,(H,22,24)/b9-4-. The van der Waals surface area contributed by atoms with Crippen molar-refractivity contribution in [2.75, 3.05) is 5.32 Å². The van der Waals surface area contributed by atoms with Gasteiger partial charge in [-0.25, -0.2) is 0 Å². The van der Waals surface area contributed by atoms with Gasteiger partial charge in [-0.2, -0.15) is 5.26 Å². The zero-order valence-electron chi connectivity index (χ0n) is 11.8. The fourth-order valence-corrected chi connectivity index (χ4v) is 4.03. The molecule has 8 heteroatoms. The average Bonchev–Trinajstić information content (AvgIpc) is 2.53. The number of carbonyl (C=O) groups excluding carboxylic acids is 1. The molecule has 0 radical (unpaired) electrons. The molecule has 0 spiro atoms. The number of halogens is 4. The third kappa shape index (κ3) is 4.53. The molecule has 2 aromatic carbocycles. The van der Waals surface area contributed by atoms with E-state index in [9.17, 15) is 15.2 Å². The Bertz CT molecular complexity index is 892. The van der Waals surface area contributed by atoms with Crippen molar-refractivity contribution < 1.29 is 9.90 Å². The largest absolute Gasteiger partial charge is 0.506 e. The van der Waals surface area contributed by atoms with Crippen LogP contribution in [-0.2, 0) is 4.79 Å². The summed E-state index contributed by atoms with van der Waals surface area (Å²) in [6.07, 6.45) is 1.33. The molecular weight excluding hydrogens is 577 g/mol. The Kier molecular flexibility index (Phi) is 6.74. The predicted molar refractivity (Wildman–Crippen MR) is 112 cm³/mol. The van der Waals surface area contributed by atoms with E-state index in [0.717, 1.165) is 3.57 Å². The van der Waals surface area contributed by atoms with Crippen LogP contribution in [0.25, 0.3) is 6.08 Å². The second-order valence-corrected chi connectivity index (χ2v) is 7.74. The van der Waals surface area contributed by atoms with Crippen LogP contribution in [-0.4, -0.2) is 11.0 Å². The number of amides is 1. The molecule has 0 fully saturated rings. The summed E-state index contributed by atoms with van der Waals surface area (Å²) < 4.78 is 1.50. The molecule has 1 amide bonds. The van der Waals surface area contributed by atoms with E-state index < -0.39 is 5.91 Å². The number of nitrogens with zero attached hydrogens (tertiary/aromatic N) is 1. The summed E-state index contributed by atoms with van der Waals surface area (Å²) in [4.78, 5) is 12.3. The molecule has 0 aliphatic rings. The van der Waals surface area contributed by atoms with Crippen LogP contribution in [0.4, 0.5) is 5.69 Å². The van der Waals surface area contributed by atoms with E-state index in [2.05, 4.69) is 27.9 Å². The molecule has 0 saturated carbocycles. The minimum absolute atomic E-state index is 0.0114.